The Morgan fingerprint density at radius 3 is 2.69 bits per heavy atom. The summed E-state index contributed by atoms with van der Waals surface area (Å²) in [6.45, 7) is 2.24. The van der Waals surface area contributed by atoms with Gasteiger partial charge >= 0.3 is 0 Å². The summed E-state index contributed by atoms with van der Waals surface area (Å²) in [4.78, 5) is 24.5. The van der Waals surface area contributed by atoms with E-state index in [-0.39, 0.29) is 12.5 Å². The zero-order valence-corrected chi connectivity index (χ0v) is 16.7. The van der Waals surface area contributed by atoms with Crippen molar-refractivity contribution < 1.29 is 13.6 Å². The van der Waals surface area contributed by atoms with E-state index in [0.717, 1.165) is 21.1 Å². The Morgan fingerprint density at radius 2 is 1.97 bits per heavy atom. The Labute approximate surface area is 173 Å². The Kier molecular flexibility index (Phi) is 5.29. The van der Waals surface area contributed by atoms with E-state index in [1.54, 1.807) is 12.1 Å². The van der Waals surface area contributed by atoms with Crippen LogP contribution in [-0.2, 0) is 6.54 Å². The number of fused-ring (bicyclic) bond motifs is 1. The summed E-state index contributed by atoms with van der Waals surface area (Å²) in [5, 5.41) is 4.24. The molecule has 2 heterocycles. The van der Waals surface area contributed by atoms with Gasteiger partial charge < -0.3 is 10.3 Å². The lowest BCUT2D eigenvalue weighted by Gasteiger charge is -2.03. The van der Waals surface area contributed by atoms with E-state index in [1.807, 2.05) is 31.2 Å². The lowest BCUT2D eigenvalue weighted by molar-refractivity contribution is 0.0951. The molecule has 2 aromatic carbocycles. The number of imidazole rings is 1. The summed E-state index contributed by atoms with van der Waals surface area (Å²) >= 11 is 7.43. The first-order valence-electron chi connectivity index (χ1n) is 8.69. The second kappa shape index (κ2) is 7.88. The maximum absolute atomic E-state index is 12.8. The van der Waals surface area contributed by atoms with E-state index in [9.17, 15) is 13.6 Å². The lowest BCUT2D eigenvalue weighted by Crippen LogP contribution is -2.22. The molecule has 5 nitrogen and oxygen atoms in total. The summed E-state index contributed by atoms with van der Waals surface area (Å²) < 4.78 is 25.5. The number of halogens is 3. The highest BCUT2D eigenvalue weighted by Crippen LogP contribution is 2.28. The highest BCUT2D eigenvalue weighted by atomic mass is 35.5. The third kappa shape index (κ3) is 4.13. The molecule has 0 bridgehead atoms. The van der Waals surface area contributed by atoms with Crippen LogP contribution in [0, 0.1) is 6.92 Å². The molecule has 9 heteroatoms. The SMILES string of the molecule is Cc1sc(CNC(=O)c2ccc3nc(C(F)F)[nH]c3c2)nc1-c1ccc(Cl)cc1. The van der Waals surface area contributed by atoms with Crippen LogP contribution in [0.2, 0.25) is 5.02 Å². The van der Waals surface area contributed by atoms with Gasteiger partial charge in [-0.3, -0.25) is 4.79 Å². The van der Waals surface area contributed by atoms with Crippen LogP contribution in [-0.4, -0.2) is 20.9 Å². The van der Waals surface area contributed by atoms with Crippen molar-refractivity contribution in [2.75, 3.05) is 0 Å². The zero-order valence-electron chi connectivity index (χ0n) is 15.2. The van der Waals surface area contributed by atoms with Gasteiger partial charge in [0.2, 0.25) is 0 Å². The second-order valence-corrected chi connectivity index (χ2v) is 8.08. The van der Waals surface area contributed by atoms with Crippen molar-refractivity contribution >= 4 is 39.9 Å². The minimum Gasteiger partial charge on any atom is -0.346 e. The van der Waals surface area contributed by atoms with Crippen LogP contribution in [0.25, 0.3) is 22.3 Å². The third-order valence-electron chi connectivity index (χ3n) is 4.33. The van der Waals surface area contributed by atoms with E-state index in [0.29, 0.717) is 21.6 Å². The molecule has 0 atom stereocenters. The largest absolute Gasteiger partial charge is 0.346 e. The number of amides is 1. The van der Waals surface area contributed by atoms with E-state index in [4.69, 9.17) is 11.6 Å². The Morgan fingerprint density at radius 1 is 1.21 bits per heavy atom. The van der Waals surface area contributed by atoms with Gasteiger partial charge in [0.25, 0.3) is 12.3 Å². The summed E-state index contributed by atoms with van der Waals surface area (Å²) in [5.41, 5.74) is 2.95. The fraction of sp³-hybridized carbons (Fsp3) is 0.150. The number of aromatic nitrogens is 3. The number of nitrogens with zero attached hydrogens (tertiary/aromatic N) is 2. The monoisotopic (exact) mass is 432 g/mol. The Bertz CT molecular complexity index is 1190. The third-order valence-corrected chi connectivity index (χ3v) is 5.55. The first-order valence-corrected chi connectivity index (χ1v) is 9.88. The van der Waals surface area contributed by atoms with Crippen molar-refractivity contribution in [1.82, 2.24) is 20.3 Å². The summed E-state index contributed by atoms with van der Waals surface area (Å²) in [6.07, 6.45) is -2.69. The first-order chi connectivity index (χ1) is 13.9. The van der Waals surface area contributed by atoms with Gasteiger partial charge in [0.05, 0.1) is 23.3 Å². The van der Waals surface area contributed by atoms with E-state index >= 15 is 0 Å². The number of benzene rings is 2. The molecule has 0 saturated carbocycles. The van der Waals surface area contributed by atoms with Crippen LogP contribution >= 0.6 is 22.9 Å². The molecule has 0 aliphatic rings. The predicted octanol–water partition coefficient (Wildman–Crippen LogP) is 5.52. The van der Waals surface area contributed by atoms with Gasteiger partial charge in [-0.25, -0.2) is 18.7 Å². The highest BCUT2D eigenvalue weighted by Gasteiger charge is 2.15. The molecule has 0 aliphatic carbocycles. The highest BCUT2D eigenvalue weighted by molar-refractivity contribution is 7.12. The van der Waals surface area contributed by atoms with Crippen molar-refractivity contribution in [2.24, 2.45) is 0 Å². The standard InChI is InChI=1S/C20H15ClF2N4OS/c1-10-17(11-2-5-13(21)6-3-11)27-16(29-10)9-24-20(28)12-4-7-14-15(8-12)26-19(25-14)18(22)23/h2-8,18H,9H2,1H3,(H,24,28)(H,25,26). The van der Waals surface area contributed by atoms with Gasteiger partial charge in [0.1, 0.15) is 5.01 Å². The number of H-pyrrole nitrogens is 1. The fourth-order valence-electron chi connectivity index (χ4n) is 2.93. The Balaban J connectivity index is 1.47. The van der Waals surface area contributed by atoms with E-state index in [1.165, 1.54) is 17.4 Å². The van der Waals surface area contributed by atoms with E-state index < -0.39 is 12.2 Å². The normalized spacial score (nSPS) is 11.3. The number of hydrogen-bond donors (Lipinski definition) is 2. The predicted molar refractivity (Wildman–Crippen MR) is 110 cm³/mol. The maximum Gasteiger partial charge on any atom is 0.295 e. The summed E-state index contributed by atoms with van der Waals surface area (Å²) in [6, 6.07) is 12.0. The first kappa shape index (κ1) is 19.5. The van der Waals surface area contributed by atoms with Gasteiger partial charge in [-0.1, -0.05) is 23.7 Å². The number of thiazole rings is 1. The van der Waals surface area contributed by atoms with Crippen LogP contribution < -0.4 is 5.32 Å². The number of carbonyl (C=O) groups is 1. The van der Waals surface area contributed by atoms with Crippen LogP contribution in [0.5, 0.6) is 0 Å². The smallest absolute Gasteiger partial charge is 0.295 e. The van der Waals surface area contributed by atoms with Crippen molar-refractivity contribution in [3.63, 3.8) is 0 Å². The van der Waals surface area contributed by atoms with Gasteiger partial charge in [-0.05, 0) is 37.3 Å². The average Bonchev–Trinajstić information content (AvgIpc) is 3.29. The molecule has 0 unspecified atom stereocenters. The number of alkyl halides is 2. The molecule has 4 rings (SSSR count). The van der Waals surface area contributed by atoms with Crippen molar-refractivity contribution in [1.29, 1.82) is 0 Å². The van der Waals surface area contributed by atoms with Crippen molar-refractivity contribution in [3.05, 3.63) is 68.8 Å². The molecule has 2 aromatic heterocycles. The Hall–Kier alpha value is -2.84. The molecule has 0 aliphatic heterocycles. The molecular weight excluding hydrogens is 418 g/mol. The van der Waals surface area contributed by atoms with Crippen LogP contribution in [0.1, 0.15) is 32.5 Å². The minimum atomic E-state index is -2.69. The molecular formula is C20H15ClF2N4OS. The number of hydrogen-bond acceptors (Lipinski definition) is 4. The molecule has 1 amide bonds. The molecule has 2 N–H and O–H groups in total. The topological polar surface area (TPSA) is 70.7 Å². The molecule has 29 heavy (non-hydrogen) atoms. The van der Waals surface area contributed by atoms with Gasteiger partial charge in [0, 0.05) is 21.0 Å². The number of rotatable bonds is 5. The zero-order chi connectivity index (χ0) is 20.5. The average molecular weight is 433 g/mol. The second-order valence-electron chi connectivity index (χ2n) is 6.36. The quantitative estimate of drug-likeness (QED) is 0.436. The van der Waals surface area contributed by atoms with E-state index in [2.05, 4.69) is 20.3 Å². The van der Waals surface area contributed by atoms with Gasteiger partial charge in [-0.2, -0.15) is 0 Å². The summed E-state index contributed by atoms with van der Waals surface area (Å²) in [7, 11) is 0. The lowest BCUT2D eigenvalue weighted by atomic mass is 10.1. The molecule has 0 fully saturated rings. The van der Waals surface area contributed by atoms with Gasteiger partial charge in [-0.15, -0.1) is 11.3 Å². The number of aromatic amines is 1. The molecule has 0 saturated heterocycles. The fourth-order valence-corrected chi connectivity index (χ4v) is 3.96. The van der Waals surface area contributed by atoms with Crippen molar-refractivity contribution in [3.8, 4) is 11.3 Å². The van der Waals surface area contributed by atoms with Crippen LogP contribution in [0.15, 0.2) is 42.5 Å². The van der Waals surface area contributed by atoms with Crippen molar-refractivity contribution in [2.45, 2.75) is 19.9 Å². The number of aryl methyl sites for hydroxylation is 1. The maximum atomic E-state index is 12.8. The van der Waals surface area contributed by atoms with Gasteiger partial charge in [0.15, 0.2) is 5.82 Å². The molecule has 0 radical (unpaired) electrons. The van der Waals surface area contributed by atoms with Crippen LogP contribution in [0.3, 0.4) is 0 Å². The number of carbonyl (C=O) groups excluding carboxylic acids is 1. The molecule has 4 aromatic rings. The molecule has 0 spiro atoms. The number of nitrogens with one attached hydrogen (secondary N) is 2. The minimum absolute atomic E-state index is 0.265. The summed E-state index contributed by atoms with van der Waals surface area (Å²) in [5.74, 6) is -0.730. The molecule has 148 valence electrons. The van der Waals surface area contributed by atoms with Crippen LogP contribution in [0.4, 0.5) is 8.78 Å².